The van der Waals surface area contributed by atoms with E-state index >= 15 is 0 Å². The Morgan fingerprint density at radius 1 is 1.40 bits per heavy atom. The molecule has 0 aromatic heterocycles. The SMILES string of the molecule is COC1CCN(C(=O)CCCOc2ccccc2C)C1. The number of carbonyl (C=O) groups excluding carboxylic acids is 1. The van der Waals surface area contributed by atoms with E-state index in [-0.39, 0.29) is 12.0 Å². The lowest BCUT2D eigenvalue weighted by molar-refractivity contribution is -0.130. The highest BCUT2D eigenvalue weighted by Gasteiger charge is 2.25. The zero-order valence-electron chi connectivity index (χ0n) is 12.3. The van der Waals surface area contributed by atoms with Crippen LogP contribution in [-0.2, 0) is 9.53 Å². The maximum Gasteiger partial charge on any atom is 0.222 e. The lowest BCUT2D eigenvalue weighted by Gasteiger charge is -2.16. The number of rotatable bonds is 6. The van der Waals surface area contributed by atoms with Crippen molar-refractivity contribution in [2.45, 2.75) is 32.3 Å². The molecule has 0 saturated carbocycles. The molecule has 1 saturated heterocycles. The van der Waals surface area contributed by atoms with Crippen molar-refractivity contribution in [2.24, 2.45) is 0 Å². The molecule has 1 fully saturated rings. The molecule has 1 atom stereocenters. The van der Waals surface area contributed by atoms with Crippen LogP contribution in [0.1, 0.15) is 24.8 Å². The number of aryl methyl sites for hydroxylation is 1. The van der Waals surface area contributed by atoms with Crippen molar-refractivity contribution in [3.05, 3.63) is 29.8 Å². The van der Waals surface area contributed by atoms with Gasteiger partial charge in [0.05, 0.1) is 12.7 Å². The van der Waals surface area contributed by atoms with Crippen LogP contribution < -0.4 is 4.74 Å². The van der Waals surface area contributed by atoms with E-state index in [4.69, 9.17) is 9.47 Å². The molecule has 0 bridgehead atoms. The second kappa shape index (κ2) is 7.29. The lowest BCUT2D eigenvalue weighted by atomic mass is 10.2. The molecule has 4 nitrogen and oxygen atoms in total. The van der Waals surface area contributed by atoms with Gasteiger partial charge in [-0.25, -0.2) is 0 Å². The van der Waals surface area contributed by atoms with Gasteiger partial charge in [-0.1, -0.05) is 18.2 Å². The molecule has 1 unspecified atom stereocenters. The van der Waals surface area contributed by atoms with E-state index in [1.165, 1.54) is 0 Å². The van der Waals surface area contributed by atoms with E-state index in [9.17, 15) is 4.79 Å². The molecular weight excluding hydrogens is 254 g/mol. The van der Waals surface area contributed by atoms with Gasteiger partial charge in [-0.15, -0.1) is 0 Å². The Bertz CT molecular complexity index is 447. The topological polar surface area (TPSA) is 38.8 Å². The molecule has 0 N–H and O–H groups in total. The Hall–Kier alpha value is -1.55. The van der Waals surface area contributed by atoms with E-state index < -0.39 is 0 Å². The van der Waals surface area contributed by atoms with Gasteiger partial charge in [-0.05, 0) is 31.4 Å². The van der Waals surface area contributed by atoms with Crippen molar-refractivity contribution in [3.8, 4) is 5.75 Å². The molecule has 0 radical (unpaired) electrons. The van der Waals surface area contributed by atoms with Crippen LogP contribution in [0.3, 0.4) is 0 Å². The molecule has 110 valence electrons. The number of likely N-dealkylation sites (tertiary alicyclic amines) is 1. The van der Waals surface area contributed by atoms with Gasteiger partial charge in [0.25, 0.3) is 0 Å². The third-order valence-electron chi connectivity index (χ3n) is 3.72. The molecule has 1 aromatic rings. The predicted octanol–water partition coefficient (Wildman–Crippen LogP) is 2.40. The Morgan fingerprint density at radius 2 is 2.20 bits per heavy atom. The van der Waals surface area contributed by atoms with E-state index in [0.29, 0.717) is 13.0 Å². The Labute approximate surface area is 120 Å². The Morgan fingerprint density at radius 3 is 2.90 bits per heavy atom. The summed E-state index contributed by atoms with van der Waals surface area (Å²) in [6.45, 7) is 4.15. The highest BCUT2D eigenvalue weighted by molar-refractivity contribution is 5.76. The highest BCUT2D eigenvalue weighted by atomic mass is 16.5. The molecule has 0 spiro atoms. The van der Waals surface area contributed by atoms with Crippen molar-refractivity contribution in [3.63, 3.8) is 0 Å². The molecule has 1 aliphatic rings. The average molecular weight is 277 g/mol. The molecule has 1 amide bonds. The zero-order chi connectivity index (χ0) is 14.4. The van der Waals surface area contributed by atoms with Gasteiger partial charge in [0.1, 0.15) is 5.75 Å². The van der Waals surface area contributed by atoms with Crippen LogP contribution in [0, 0.1) is 6.92 Å². The molecule has 20 heavy (non-hydrogen) atoms. The van der Waals surface area contributed by atoms with Crippen molar-refractivity contribution in [1.82, 2.24) is 4.90 Å². The summed E-state index contributed by atoms with van der Waals surface area (Å²) in [5.41, 5.74) is 1.13. The molecule has 2 rings (SSSR count). The monoisotopic (exact) mass is 277 g/mol. The van der Waals surface area contributed by atoms with Crippen molar-refractivity contribution < 1.29 is 14.3 Å². The van der Waals surface area contributed by atoms with Crippen LogP contribution in [0.25, 0.3) is 0 Å². The standard InChI is InChI=1S/C16H23NO3/c1-13-6-3-4-7-15(13)20-11-5-8-16(18)17-10-9-14(12-17)19-2/h3-4,6-7,14H,5,8-12H2,1-2H3. The van der Waals surface area contributed by atoms with Gasteiger partial charge in [0.15, 0.2) is 0 Å². The van der Waals surface area contributed by atoms with E-state index in [1.807, 2.05) is 36.1 Å². The van der Waals surface area contributed by atoms with Crippen LogP contribution in [-0.4, -0.2) is 43.7 Å². The zero-order valence-corrected chi connectivity index (χ0v) is 12.3. The van der Waals surface area contributed by atoms with Crippen molar-refractivity contribution in [1.29, 1.82) is 0 Å². The minimum absolute atomic E-state index is 0.206. The highest BCUT2D eigenvalue weighted by Crippen LogP contribution is 2.17. The van der Waals surface area contributed by atoms with Gasteiger partial charge < -0.3 is 14.4 Å². The minimum Gasteiger partial charge on any atom is -0.493 e. The first-order valence-electron chi connectivity index (χ1n) is 7.19. The van der Waals surface area contributed by atoms with E-state index in [1.54, 1.807) is 7.11 Å². The van der Waals surface area contributed by atoms with Crippen LogP contribution >= 0.6 is 0 Å². The molecule has 4 heteroatoms. The number of methoxy groups -OCH3 is 1. The number of benzene rings is 1. The quantitative estimate of drug-likeness (QED) is 0.750. The summed E-state index contributed by atoms with van der Waals surface area (Å²) in [6.07, 6.45) is 2.45. The number of hydrogen-bond acceptors (Lipinski definition) is 3. The summed E-state index contributed by atoms with van der Waals surface area (Å²) < 4.78 is 11.0. The van der Waals surface area contributed by atoms with E-state index in [0.717, 1.165) is 37.2 Å². The van der Waals surface area contributed by atoms with Crippen LogP contribution in [0.5, 0.6) is 5.75 Å². The van der Waals surface area contributed by atoms with Crippen LogP contribution in [0.2, 0.25) is 0 Å². The molecular formula is C16H23NO3. The summed E-state index contributed by atoms with van der Waals surface area (Å²) in [6, 6.07) is 7.93. The third-order valence-corrected chi connectivity index (χ3v) is 3.72. The Kier molecular flexibility index (Phi) is 5.41. The van der Waals surface area contributed by atoms with Crippen molar-refractivity contribution >= 4 is 5.91 Å². The maximum atomic E-state index is 12.0. The minimum atomic E-state index is 0.206. The molecule has 1 heterocycles. The van der Waals surface area contributed by atoms with Crippen molar-refractivity contribution in [2.75, 3.05) is 26.8 Å². The van der Waals surface area contributed by atoms with Gasteiger partial charge >= 0.3 is 0 Å². The van der Waals surface area contributed by atoms with Gasteiger partial charge in [0, 0.05) is 26.6 Å². The summed E-state index contributed by atoms with van der Waals surface area (Å²) >= 11 is 0. The van der Waals surface area contributed by atoms with Gasteiger partial charge in [-0.2, -0.15) is 0 Å². The first-order chi connectivity index (χ1) is 9.70. The average Bonchev–Trinajstić information content (AvgIpc) is 2.94. The van der Waals surface area contributed by atoms with E-state index in [2.05, 4.69) is 0 Å². The number of para-hydroxylation sites is 1. The first-order valence-corrected chi connectivity index (χ1v) is 7.19. The molecule has 1 aromatic carbocycles. The maximum absolute atomic E-state index is 12.0. The summed E-state index contributed by atoms with van der Waals surface area (Å²) in [7, 11) is 1.70. The third kappa shape index (κ3) is 3.97. The summed E-state index contributed by atoms with van der Waals surface area (Å²) in [5.74, 6) is 1.11. The second-order valence-electron chi connectivity index (χ2n) is 5.20. The normalized spacial score (nSPS) is 18.3. The fraction of sp³-hybridized carbons (Fsp3) is 0.562. The smallest absolute Gasteiger partial charge is 0.222 e. The summed E-state index contributed by atoms with van der Waals surface area (Å²) in [4.78, 5) is 13.9. The largest absolute Gasteiger partial charge is 0.493 e. The first kappa shape index (κ1) is 14.9. The summed E-state index contributed by atoms with van der Waals surface area (Å²) in [5, 5.41) is 0. The molecule has 0 aliphatic carbocycles. The van der Waals surface area contributed by atoms with Crippen LogP contribution in [0.4, 0.5) is 0 Å². The second-order valence-corrected chi connectivity index (χ2v) is 5.20. The number of carbonyl (C=O) groups is 1. The number of hydrogen-bond donors (Lipinski definition) is 0. The fourth-order valence-electron chi connectivity index (χ4n) is 2.43. The molecule has 1 aliphatic heterocycles. The van der Waals surface area contributed by atoms with Gasteiger partial charge in [-0.3, -0.25) is 4.79 Å². The van der Waals surface area contributed by atoms with Gasteiger partial charge in [0.2, 0.25) is 5.91 Å². The number of amides is 1. The fourth-order valence-corrected chi connectivity index (χ4v) is 2.43. The number of nitrogens with zero attached hydrogens (tertiary/aromatic N) is 1. The lowest BCUT2D eigenvalue weighted by Crippen LogP contribution is -2.30. The van der Waals surface area contributed by atoms with Crippen LogP contribution in [0.15, 0.2) is 24.3 Å². The Balaban J connectivity index is 1.66. The number of ether oxygens (including phenoxy) is 2. The predicted molar refractivity (Wildman–Crippen MR) is 77.9 cm³/mol.